The lowest BCUT2D eigenvalue weighted by atomic mass is 10.2. The van der Waals surface area contributed by atoms with Gasteiger partial charge in [0.05, 0.1) is 34.1 Å². The molecule has 28 heavy (non-hydrogen) atoms. The van der Waals surface area contributed by atoms with Gasteiger partial charge in [0.25, 0.3) is 5.56 Å². The summed E-state index contributed by atoms with van der Waals surface area (Å²) in [7, 11) is 0. The second-order valence-electron chi connectivity index (χ2n) is 6.25. The normalized spacial score (nSPS) is 11.5. The van der Waals surface area contributed by atoms with Crippen LogP contribution >= 0.6 is 11.6 Å². The number of aromatic hydroxyl groups is 1. The number of fused-ring (bicyclic) bond motifs is 1. The molecule has 0 amide bonds. The van der Waals surface area contributed by atoms with Gasteiger partial charge in [-0.15, -0.1) is 0 Å². The molecule has 7 nitrogen and oxygen atoms in total. The Labute approximate surface area is 165 Å². The number of hydrogen-bond acceptors (Lipinski definition) is 5. The third-order valence-corrected chi connectivity index (χ3v) is 4.59. The number of benzene rings is 2. The van der Waals surface area contributed by atoms with Gasteiger partial charge in [0.2, 0.25) is 5.88 Å². The van der Waals surface area contributed by atoms with E-state index < -0.39 is 0 Å². The number of nitrogens with zero attached hydrogens (tertiary/aromatic N) is 5. The number of halogens is 1. The highest BCUT2D eigenvalue weighted by molar-refractivity contribution is 6.31. The largest absolute Gasteiger partial charge is 0.493 e. The third kappa shape index (κ3) is 3.05. The lowest BCUT2D eigenvalue weighted by Gasteiger charge is -2.05. The van der Waals surface area contributed by atoms with Crippen LogP contribution in [0.5, 0.6) is 5.88 Å². The van der Waals surface area contributed by atoms with E-state index in [0.29, 0.717) is 33.0 Å². The average Bonchev–Trinajstić information content (AvgIpc) is 2.97. The van der Waals surface area contributed by atoms with Crippen LogP contribution in [0.4, 0.5) is 0 Å². The molecule has 0 aliphatic rings. The van der Waals surface area contributed by atoms with Crippen LogP contribution in [0.25, 0.3) is 16.6 Å². The molecule has 2 aromatic heterocycles. The van der Waals surface area contributed by atoms with Crippen molar-refractivity contribution in [3.05, 3.63) is 81.0 Å². The third-order valence-electron chi connectivity index (χ3n) is 4.35. The highest BCUT2D eigenvalue weighted by Crippen LogP contribution is 2.23. The Morgan fingerprint density at radius 2 is 1.89 bits per heavy atom. The summed E-state index contributed by atoms with van der Waals surface area (Å²) in [6.45, 7) is 3.45. The molecule has 0 bridgehead atoms. The molecule has 1 N–H and O–H groups in total. The topological polar surface area (TPSA) is 85.3 Å². The highest BCUT2D eigenvalue weighted by atomic mass is 35.5. The molecule has 0 aliphatic carbocycles. The molecule has 2 aromatic carbocycles. The summed E-state index contributed by atoms with van der Waals surface area (Å²) in [5.74, 6) is 0.360. The maximum Gasteiger partial charge on any atom is 0.282 e. The van der Waals surface area contributed by atoms with Crippen molar-refractivity contribution < 1.29 is 5.11 Å². The lowest BCUT2D eigenvalue weighted by Crippen LogP contribution is -2.20. The van der Waals surface area contributed by atoms with Crippen LogP contribution in [0.15, 0.2) is 58.4 Å². The number of aromatic nitrogens is 4. The molecular weight excluding hydrogens is 378 g/mol. The Hall–Kier alpha value is -3.45. The van der Waals surface area contributed by atoms with Gasteiger partial charge in [0, 0.05) is 5.02 Å². The Balaban J connectivity index is 1.80. The molecule has 0 saturated carbocycles. The van der Waals surface area contributed by atoms with E-state index >= 15 is 0 Å². The van der Waals surface area contributed by atoms with E-state index in [0.717, 1.165) is 5.69 Å². The fourth-order valence-corrected chi connectivity index (χ4v) is 3.11. The number of para-hydroxylation sites is 1. The predicted octanol–water partition coefficient (Wildman–Crippen LogP) is 3.44. The van der Waals surface area contributed by atoms with Crippen molar-refractivity contribution in [2.45, 2.75) is 13.8 Å². The van der Waals surface area contributed by atoms with E-state index in [4.69, 9.17) is 11.6 Å². The maximum absolute atomic E-state index is 12.8. The predicted molar refractivity (Wildman–Crippen MR) is 109 cm³/mol. The monoisotopic (exact) mass is 393 g/mol. The molecule has 4 aromatic rings. The van der Waals surface area contributed by atoms with Gasteiger partial charge in [-0.05, 0) is 44.2 Å². The van der Waals surface area contributed by atoms with Gasteiger partial charge >= 0.3 is 0 Å². The molecule has 0 saturated heterocycles. The lowest BCUT2D eigenvalue weighted by molar-refractivity contribution is 0.433. The Kier molecular flexibility index (Phi) is 4.44. The van der Waals surface area contributed by atoms with Crippen molar-refractivity contribution in [3.63, 3.8) is 0 Å². The van der Waals surface area contributed by atoms with Gasteiger partial charge in [0.15, 0.2) is 0 Å². The van der Waals surface area contributed by atoms with E-state index in [9.17, 15) is 9.90 Å². The van der Waals surface area contributed by atoms with Gasteiger partial charge in [-0.25, -0.2) is 9.67 Å². The van der Waals surface area contributed by atoms with Crippen molar-refractivity contribution >= 4 is 28.7 Å². The van der Waals surface area contributed by atoms with Gasteiger partial charge in [-0.3, -0.25) is 4.79 Å². The molecule has 4 rings (SSSR count). The summed E-state index contributed by atoms with van der Waals surface area (Å²) < 4.78 is 2.60. The Morgan fingerprint density at radius 1 is 1.14 bits per heavy atom. The van der Waals surface area contributed by atoms with E-state index in [1.807, 2.05) is 30.3 Å². The summed E-state index contributed by atoms with van der Waals surface area (Å²) in [4.78, 5) is 17.2. The Bertz CT molecular complexity index is 1280. The first kappa shape index (κ1) is 17.9. The van der Waals surface area contributed by atoms with E-state index in [2.05, 4.69) is 15.2 Å². The first-order chi connectivity index (χ1) is 13.5. The first-order valence-electron chi connectivity index (χ1n) is 8.53. The fraction of sp³-hybridized carbons (Fsp3) is 0.100. The van der Waals surface area contributed by atoms with Crippen LogP contribution < -0.4 is 5.56 Å². The van der Waals surface area contributed by atoms with E-state index in [1.54, 1.807) is 32.0 Å². The first-order valence-corrected chi connectivity index (χ1v) is 8.91. The van der Waals surface area contributed by atoms with Gasteiger partial charge in [0.1, 0.15) is 5.82 Å². The van der Waals surface area contributed by atoms with E-state index in [-0.39, 0.29) is 11.4 Å². The molecule has 0 radical (unpaired) electrons. The van der Waals surface area contributed by atoms with Crippen molar-refractivity contribution in [1.82, 2.24) is 19.4 Å². The van der Waals surface area contributed by atoms with Gasteiger partial charge in [-0.1, -0.05) is 29.8 Å². The van der Waals surface area contributed by atoms with Crippen LogP contribution in [-0.4, -0.2) is 30.8 Å². The van der Waals surface area contributed by atoms with Crippen molar-refractivity contribution in [2.75, 3.05) is 0 Å². The van der Waals surface area contributed by atoms with Gasteiger partial charge < -0.3 is 5.11 Å². The summed E-state index contributed by atoms with van der Waals surface area (Å²) in [5, 5.41) is 20.0. The minimum absolute atomic E-state index is 0.0602. The second-order valence-corrected chi connectivity index (χ2v) is 6.69. The zero-order chi connectivity index (χ0) is 19.8. The maximum atomic E-state index is 12.8. The number of rotatable bonds is 3. The molecule has 140 valence electrons. The van der Waals surface area contributed by atoms with Crippen LogP contribution in [0.3, 0.4) is 0 Å². The van der Waals surface area contributed by atoms with Crippen LogP contribution in [-0.2, 0) is 0 Å². The number of hydrogen-bond donors (Lipinski definition) is 1. The zero-order valence-electron chi connectivity index (χ0n) is 15.2. The molecule has 0 unspecified atom stereocenters. The molecule has 8 heteroatoms. The highest BCUT2D eigenvalue weighted by Gasteiger charge is 2.14. The van der Waals surface area contributed by atoms with Crippen LogP contribution in [0, 0.1) is 13.8 Å². The standard InChI is InChI=1S/C20H16ClN5O2/c1-12-17(20(28)26(24-12)15-6-4-3-5-7-15)11-22-25-13(2)23-18-9-8-14(21)10-16(18)19(25)27/h3-11,28H,1-2H3/b22-11+. The molecule has 2 heterocycles. The summed E-state index contributed by atoms with van der Waals surface area (Å²) in [5.41, 5.74) is 1.93. The van der Waals surface area contributed by atoms with E-state index in [1.165, 1.54) is 15.6 Å². The smallest absolute Gasteiger partial charge is 0.282 e. The minimum atomic E-state index is -0.339. The second kappa shape index (κ2) is 6.94. The van der Waals surface area contributed by atoms with Crippen LogP contribution in [0.2, 0.25) is 5.02 Å². The average molecular weight is 394 g/mol. The summed E-state index contributed by atoms with van der Waals surface area (Å²) >= 11 is 6.00. The van der Waals surface area contributed by atoms with Crippen molar-refractivity contribution in [2.24, 2.45) is 5.10 Å². The molecule has 0 spiro atoms. The molecule has 0 fully saturated rings. The molecular formula is C20H16ClN5O2. The molecule has 0 aliphatic heterocycles. The SMILES string of the molecule is Cc1nn(-c2ccccc2)c(O)c1/C=N/n1c(C)nc2ccc(Cl)cc2c1=O. The quantitative estimate of drug-likeness (QED) is 0.540. The van der Waals surface area contributed by atoms with Crippen molar-refractivity contribution in [1.29, 1.82) is 0 Å². The summed E-state index contributed by atoms with van der Waals surface area (Å²) in [6, 6.07) is 14.2. The summed E-state index contributed by atoms with van der Waals surface area (Å²) in [6.07, 6.45) is 1.41. The number of aryl methyl sites for hydroxylation is 2. The Morgan fingerprint density at radius 3 is 2.64 bits per heavy atom. The van der Waals surface area contributed by atoms with Gasteiger partial charge in [-0.2, -0.15) is 14.9 Å². The molecule has 0 atom stereocenters. The van der Waals surface area contributed by atoms with Crippen molar-refractivity contribution in [3.8, 4) is 11.6 Å². The zero-order valence-corrected chi connectivity index (χ0v) is 15.9. The van der Waals surface area contributed by atoms with Crippen LogP contribution in [0.1, 0.15) is 17.1 Å². The fourth-order valence-electron chi connectivity index (χ4n) is 2.94. The minimum Gasteiger partial charge on any atom is -0.493 e.